The summed E-state index contributed by atoms with van der Waals surface area (Å²) < 4.78 is 0. The summed E-state index contributed by atoms with van der Waals surface area (Å²) in [6.45, 7) is 6.36. The van der Waals surface area contributed by atoms with E-state index in [1.54, 1.807) is 0 Å². The van der Waals surface area contributed by atoms with Gasteiger partial charge in [-0.25, -0.2) is 0 Å². The van der Waals surface area contributed by atoms with Crippen LogP contribution in [0.5, 0.6) is 0 Å². The van der Waals surface area contributed by atoms with Gasteiger partial charge in [0.25, 0.3) is 0 Å². The van der Waals surface area contributed by atoms with Gasteiger partial charge in [-0.3, -0.25) is 4.90 Å². The predicted molar refractivity (Wildman–Crippen MR) is 80.5 cm³/mol. The lowest BCUT2D eigenvalue weighted by Crippen LogP contribution is -2.35. The fourth-order valence-corrected chi connectivity index (χ4v) is 2.68. The summed E-state index contributed by atoms with van der Waals surface area (Å²) in [6, 6.07) is 6.17. The highest BCUT2D eigenvalue weighted by atomic mass is 35.5. The molecule has 0 amide bonds. The summed E-state index contributed by atoms with van der Waals surface area (Å²) in [5.74, 6) is 0.734. The van der Waals surface area contributed by atoms with Crippen LogP contribution in [-0.4, -0.2) is 24.5 Å². The van der Waals surface area contributed by atoms with Gasteiger partial charge in [-0.1, -0.05) is 17.7 Å². The van der Waals surface area contributed by atoms with E-state index in [0.717, 1.165) is 24.0 Å². The minimum absolute atomic E-state index is 0. The SMILES string of the molecule is Cc1cc(Cl)ccc1CN1CCC(CN)CC1.Cl. The van der Waals surface area contributed by atoms with Gasteiger partial charge in [0.1, 0.15) is 0 Å². The maximum atomic E-state index is 5.97. The van der Waals surface area contributed by atoms with E-state index < -0.39 is 0 Å². The second kappa shape index (κ2) is 7.34. The lowest BCUT2D eigenvalue weighted by molar-refractivity contribution is 0.180. The number of nitrogens with two attached hydrogens (primary N) is 1. The highest BCUT2D eigenvalue weighted by molar-refractivity contribution is 6.30. The Kier molecular flexibility index (Phi) is 6.44. The number of halogens is 2. The summed E-state index contributed by atoms with van der Waals surface area (Å²) in [6.07, 6.45) is 2.48. The molecule has 1 aromatic rings. The third-order valence-electron chi connectivity index (χ3n) is 3.74. The van der Waals surface area contributed by atoms with Crippen LogP contribution < -0.4 is 5.73 Å². The minimum atomic E-state index is 0. The molecule has 1 aliphatic rings. The zero-order chi connectivity index (χ0) is 12.3. The minimum Gasteiger partial charge on any atom is -0.330 e. The van der Waals surface area contributed by atoms with E-state index >= 15 is 0 Å². The van der Waals surface area contributed by atoms with Crippen LogP contribution in [0.25, 0.3) is 0 Å². The van der Waals surface area contributed by atoms with E-state index in [1.165, 1.54) is 37.1 Å². The Morgan fingerprint density at radius 3 is 2.56 bits per heavy atom. The highest BCUT2D eigenvalue weighted by Gasteiger charge is 2.18. The van der Waals surface area contributed by atoms with E-state index in [1.807, 2.05) is 12.1 Å². The zero-order valence-electron chi connectivity index (χ0n) is 10.9. The van der Waals surface area contributed by atoms with Gasteiger partial charge in [-0.2, -0.15) is 0 Å². The number of piperidine rings is 1. The van der Waals surface area contributed by atoms with Gasteiger partial charge in [0.2, 0.25) is 0 Å². The Balaban J connectivity index is 0.00000162. The maximum Gasteiger partial charge on any atom is 0.0408 e. The van der Waals surface area contributed by atoms with Gasteiger partial charge in [-0.05, 0) is 68.6 Å². The van der Waals surface area contributed by atoms with E-state index in [4.69, 9.17) is 17.3 Å². The fourth-order valence-electron chi connectivity index (χ4n) is 2.46. The van der Waals surface area contributed by atoms with Gasteiger partial charge < -0.3 is 5.73 Å². The van der Waals surface area contributed by atoms with Gasteiger partial charge in [0.05, 0.1) is 0 Å². The lowest BCUT2D eigenvalue weighted by Gasteiger charge is -2.31. The number of rotatable bonds is 3. The van der Waals surface area contributed by atoms with Crippen LogP contribution >= 0.6 is 24.0 Å². The van der Waals surface area contributed by atoms with Crippen molar-refractivity contribution >= 4 is 24.0 Å². The van der Waals surface area contributed by atoms with Crippen LogP contribution in [0.3, 0.4) is 0 Å². The normalized spacial score (nSPS) is 17.5. The Morgan fingerprint density at radius 2 is 2.00 bits per heavy atom. The molecule has 4 heteroatoms. The molecule has 0 unspecified atom stereocenters. The van der Waals surface area contributed by atoms with E-state index in [9.17, 15) is 0 Å². The monoisotopic (exact) mass is 288 g/mol. The largest absolute Gasteiger partial charge is 0.330 e. The van der Waals surface area contributed by atoms with Crippen molar-refractivity contribution in [3.8, 4) is 0 Å². The molecule has 2 rings (SSSR count). The average molecular weight is 289 g/mol. The smallest absolute Gasteiger partial charge is 0.0408 e. The molecular formula is C14H22Cl2N2. The number of nitrogens with zero attached hydrogens (tertiary/aromatic N) is 1. The van der Waals surface area contributed by atoms with E-state index in [2.05, 4.69) is 17.9 Å². The average Bonchev–Trinajstić information content (AvgIpc) is 2.34. The van der Waals surface area contributed by atoms with Gasteiger partial charge in [-0.15, -0.1) is 12.4 Å². The van der Waals surface area contributed by atoms with Crippen molar-refractivity contribution in [2.24, 2.45) is 11.7 Å². The van der Waals surface area contributed by atoms with Crippen LogP contribution in [0.15, 0.2) is 18.2 Å². The highest BCUT2D eigenvalue weighted by Crippen LogP contribution is 2.21. The van der Waals surface area contributed by atoms with Crippen molar-refractivity contribution in [1.82, 2.24) is 4.90 Å². The van der Waals surface area contributed by atoms with Crippen molar-refractivity contribution in [2.45, 2.75) is 26.3 Å². The van der Waals surface area contributed by atoms with E-state index in [0.29, 0.717) is 0 Å². The molecule has 0 aliphatic carbocycles. The fraction of sp³-hybridized carbons (Fsp3) is 0.571. The number of hydrogen-bond acceptors (Lipinski definition) is 2. The lowest BCUT2D eigenvalue weighted by atomic mass is 9.96. The molecule has 0 radical (unpaired) electrons. The molecule has 1 saturated heterocycles. The van der Waals surface area contributed by atoms with Crippen molar-refractivity contribution in [2.75, 3.05) is 19.6 Å². The van der Waals surface area contributed by atoms with Gasteiger partial charge in [0.15, 0.2) is 0 Å². The zero-order valence-corrected chi connectivity index (χ0v) is 12.4. The van der Waals surface area contributed by atoms with Crippen LogP contribution in [0.2, 0.25) is 5.02 Å². The summed E-state index contributed by atoms with van der Waals surface area (Å²) >= 11 is 5.97. The second-order valence-corrected chi connectivity index (χ2v) is 5.46. The first kappa shape index (κ1) is 15.8. The molecule has 1 heterocycles. The van der Waals surface area contributed by atoms with Crippen molar-refractivity contribution in [1.29, 1.82) is 0 Å². The number of benzene rings is 1. The molecule has 0 bridgehead atoms. The number of aryl methyl sites for hydroxylation is 1. The Bertz CT molecular complexity index is 374. The van der Waals surface area contributed by atoms with Crippen LogP contribution in [0.4, 0.5) is 0 Å². The molecule has 0 saturated carbocycles. The summed E-state index contributed by atoms with van der Waals surface area (Å²) in [7, 11) is 0. The van der Waals surface area contributed by atoms with Crippen molar-refractivity contribution in [3.05, 3.63) is 34.3 Å². The molecule has 0 spiro atoms. The Labute approximate surface area is 121 Å². The van der Waals surface area contributed by atoms with Crippen LogP contribution in [0, 0.1) is 12.8 Å². The Morgan fingerprint density at radius 1 is 1.33 bits per heavy atom. The van der Waals surface area contributed by atoms with Crippen LogP contribution in [0.1, 0.15) is 24.0 Å². The predicted octanol–water partition coefficient (Wildman–Crippen LogP) is 3.24. The molecule has 102 valence electrons. The molecule has 1 aromatic carbocycles. The summed E-state index contributed by atoms with van der Waals surface area (Å²) in [4.78, 5) is 2.52. The first-order chi connectivity index (χ1) is 8.19. The summed E-state index contributed by atoms with van der Waals surface area (Å²) in [5, 5.41) is 0.827. The summed E-state index contributed by atoms with van der Waals surface area (Å²) in [5.41, 5.74) is 8.39. The Hall–Kier alpha value is -0.280. The molecule has 1 aliphatic heterocycles. The second-order valence-electron chi connectivity index (χ2n) is 5.03. The first-order valence-electron chi connectivity index (χ1n) is 6.36. The quantitative estimate of drug-likeness (QED) is 0.925. The topological polar surface area (TPSA) is 29.3 Å². The molecule has 0 atom stereocenters. The first-order valence-corrected chi connectivity index (χ1v) is 6.74. The van der Waals surface area contributed by atoms with Gasteiger partial charge in [0, 0.05) is 11.6 Å². The molecule has 0 aromatic heterocycles. The van der Waals surface area contributed by atoms with Crippen molar-refractivity contribution in [3.63, 3.8) is 0 Å². The molecule has 2 nitrogen and oxygen atoms in total. The maximum absolute atomic E-state index is 5.97. The number of likely N-dealkylation sites (tertiary alicyclic amines) is 1. The van der Waals surface area contributed by atoms with Crippen LogP contribution in [-0.2, 0) is 6.54 Å². The third-order valence-corrected chi connectivity index (χ3v) is 3.97. The number of hydrogen-bond donors (Lipinski definition) is 1. The van der Waals surface area contributed by atoms with Crippen molar-refractivity contribution < 1.29 is 0 Å². The third kappa shape index (κ3) is 4.13. The molecule has 18 heavy (non-hydrogen) atoms. The molecule has 2 N–H and O–H groups in total. The standard InChI is InChI=1S/C14H21ClN2.ClH/c1-11-8-14(15)3-2-13(11)10-17-6-4-12(9-16)5-7-17;/h2-3,8,12H,4-7,9-10,16H2,1H3;1H. The van der Waals surface area contributed by atoms with E-state index in [-0.39, 0.29) is 12.4 Å². The molecular weight excluding hydrogens is 267 g/mol. The van der Waals surface area contributed by atoms with Gasteiger partial charge >= 0.3 is 0 Å². The molecule has 1 fully saturated rings.